The summed E-state index contributed by atoms with van der Waals surface area (Å²) in [5.74, 6) is -0.568. The predicted molar refractivity (Wildman–Crippen MR) is 127 cm³/mol. The number of nitrogens with zero attached hydrogens (tertiary/aromatic N) is 4. The normalized spacial score (nSPS) is 15.4. The molecule has 1 aromatic carbocycles. The molecule has 11 heteroatoms. The SMILES string of the molecule is C=N/C=C(\C=C(/C)c1ccc2[nH]nc(C(=O)Nc3ccc(C(F)(F)F)nc3)c2c1)N1CCOCC1. The number of anilines is 1. The van der Waals surface area contributed by atoms with Crippen LogP contribution in [-0.2, 0) is 10.9 Å². The van der Waals surface area contributed by atoms with E-state index in [9.17, 15) is 18.0 Å². The topological polar surface area (TPSA) is 95.5 Å². The minimum atomic E-state index is -4.55. The zero-order valence-corrected chi connectivity index (χ0v) is 18.9. The highest BCUT2D eigenvalue weighted by atomic mass is 19.4. The number of pyridine rings is 1. The van der Waals surface area contributed by atoms with Crippen molar-refractivity contribution in [3.63, 3.8) is 0 Å². The summed E-state index contributed by atoms with van der Waals surface area (Å²) in [5, 5.41) is 10.0. The molecular formula is C24H23F3N6O2. The van der Waals surface area contributed by atoms with E-state index in [2.05, 4.69) is 37.1 Å². The van der Waals surface area contributed by atoms with Gasteiger partial charge in [0, 0.05) is 24.7 Å². The number of benzene rings is 1. The Morgan fingerprint density at radius 1 is 1.26 bits per heavy atom. The number of halogens is 3. The summed E-state index contributed by atoms with van der Waals surface area (Å²) in [6.45, 7) is 8.27. The molecule has 3 heterocycles. The monoisotopic (exact) mass is 484 g/mol. The number of amides is 1. The molecule has 0 unspecified atom stereocenters. The molecule has 0 spiro atoms. The number of ether oxygens (including phenoxy) is 1. The number of carbonyl (C=O) groups excluding carboxylic acids is 1. The van der Waals surface area contributed by atoms with E-state index in [0.29, 0.717) is 24.1 Å². The number of alkyl halides is 3. The molecule has 0 atom stereocenters. The van der Waals surface area contributed by atoms with E-state index in [1.165, 1.54) is 0 Å². The number of rotatable bonds is 6. The summed E-state index contributed by atoms with van der Waals surface area (Å²) in [4.78, 5) is 22.3. The van der Waals surface area contributed by atoms with Crippen molar-refractivity contribution in [2.45, 2.75) is 13.1 Å². The maximum absolute atomic E-state index is 12.8. The highest BCUT2D eigenvalue weighted by Gasteiger charge is 2.32. The molecule has 1 fully saturated rings. The number of hydrogen-bond acceptors (Lipinski definition) is 6. The first kappa shape index (κ1) is 24.1. The van der Waals surface area contributed by atoms with Crippen molar-refractivity contribution in [3.8, 4) is 0 Å². The van der Waals surface area contributed by atoms with Gasteiger partial charge in [-0.3, -0.25) is 14.9 Å². The summed E-state index contributed by atoms with van der Waals surface area (Å²) >= 11 is 0. The van der Waals surface area contributed by atoms with E-state index in [4.69, 9.17) is 4.74 Å². The van der Waals surface area contributed by atoms with Crippen LogP contribution >= 0.6 is 0 Å². The predicted octanol–water partition coefficient (Wildman–Crippen LogP) is 4.51. The quantitative estimate of drug-likeness (QED) is 0.397. The van der Waals surface area contributed by atoms with Crippen molar-refractivity contribution in [2.75, 3.05) is 31.6 Å². The van der Waals surface area contributed by atoms with E-state index in [1.54, 1.807) is 6.20 Å². The molecule has 35 heavy (non-hydrogen) atoms. The number of hydrogen-bond donors (Lipinski definition) is 2. The summed E-state index contributed by atoms with van der Waals surface area (Å²) in [6.07, 6.45) is 0.0966. The summed E-state index contributed by atoms with van der Waals surface area (Å²) in [6, 6.07) is 7.51. The Hall–Kier alpha value is -3.99. The average molecular weight is 484 g/mol. The lowest BCUT2D eigenvalue weighted by Gasteiger charge is -2.29. The van der Waals surface area contributed by atoms with Gasteiger partial charge < -0.3 is 15.0 Å². The third-order valence-electron chi connectivity index (χ3n) is 5.51. The minimum Gasteiger partial charge on any atom is -0.378 e. The Balaban J connectivity index is 1.58. The number of H-pyrrole nitrogens is 1. The van der Waals surface area contributed by atoms with Gasteiger partial charge in [-0.05, 0) is 55.1 Å². The van der Waals surface area contributed by atoms with Crippen molar-refractivity contribution in [1.29, 1.82) is 0 Å². The summed E-state index contributed by atoms with van der Waals surface area (Å²) < 4.78 is 43.6. The number of carbonyl (C=O) groups is 1. The van der Waals surface area contributed by atoms with E-state index in [-0.39, 0.29) is 11.4 Å². The fourth-order valence-corrected chi connectivity index (χ4v) is 3.69. The number of nitrogens with one attached hydrogen (secondary N) is 2. The van der Waals surface area contributed by atoms with Crippen LogP contribution in [0.2, 0.25) is 0 Å². The first-order valence-electron chi connectivity index (χ1n) is 10.8. The molecule has 1 saturated heterocycles. The highest BCUT2D eigenvalue weighted by Crippen LogP contribution is 2.28. The van der Waals surface area contributed by atoms with E-state index < -0.39 is 17.8 Å². The van der Waals surface area contributed by atoms with Crippen molar-refractivity contribution in [1.82, 2.24) is 20.1 Å². The van der Waals surface area contributed by atoms with Gasteiger partial charge in [-0.2, -0.15) is 18.3 Å². The zero-order chi connectivity index (χ0) is 25.0. The van der Waals surface area contributed by atoms with Crippen LogP contribution in [0.3, 0.4) is 0 Å². The van der Waals surface area contributed by atoms with Gasteiger partial charge in [-0.15, -0.1) is 0 Å². The highest BCUT2D eigenvalue weighted by molar-refractivity contribution is 6.11. The fraction of sp³-hybridized carbons (Fsp3) is 0.250. The third-order valence-corrected chi connectivity index (χ3v) is 5.51. The van der Waals surface area contributed by atoms with Crippen molar-refractivity contribution < 1.29 is 22.7 Å². The first-order chi connectivity index (χ1) is 16.8. The second-order valence-electron chi connectivity index (χ2n) is 7.88. The summed E-state index contributed by atoms with van der Waals surface area (Å²) in [7, 11) is 0. The van der Waals surface area contributed by atoms with Gasteiger partial charge in [0.1, 0.15) is 5.69 Å². The van der Waals surface area contributed by atoms with Gasteiger partial charge in [0.25, 0.3) is 5.91 Å². The Bertz CT molecular complexity index is 1290. The van der Waals surface area contributed by atoms with Gasteiger partial charge in [0.2, 0.25) is 0 Å². The van der Waals surface area contributed by atoms with Gasteiger partial charge in [-0.25, -0.2) is 4.98 Å². The first-order valence-corrected chi connectivity index (χ1v) is 10.8. The van der Waals surface area contributed by atoms with Gasteiger partial charge >= 0.3 is 6.18 Å². The van der Waals surface area contributed by atoms with Crippen LogP contribution in [0.5, 0.6) is 0 Å². The number of aromatic amines is 1. The van der Waals surface area contributed by atoms with Gasteiger partial charge in [-0.1, -0.05) is 6.07 Å². The molecule has 1 aliphatic heterocycles. The molecule has 3 aromatic rings. The molecule has 1 aliphatic rings. The number of aromatic nitrogens is 3. The van der Waals surface area contributed by atoms with Gasteiger partial charge in [0.15, 0.2) is 5.69 Å². The second-order valence-corrected chi connectivity index (χ2v) is 7.88. The molecular weight excluding hydrogens is 461 g/mol. The molecule has 2 aromatic heterocycles. The smallest absolute Gasteiger partial charge is 0.378 e. The van der Waals surface area contributed by atoms with Crippen LogP contribution in [0.15, 0.2) is 59.5 Å². The number of morpholine rings is 1. The average Bonchev–Trinajstić information content (AvgIpc) is 3.27. The molecule has 4 rings (SSSR count). The van der Waals surface area contributed by atoms with Crippen LogP contribution < -0.4 is 5.32 Å². The summed E-state index contributed by atoms with van der Waals surface area (Å²) in [5.41, 5.74) is 2.56. The lowest BCUT2D eigenvalue weighted by atomic mass is 10.0. The van der Waals surface area contributed by atoms with Crippen LogP contribution in [-0.4, -0.2) is 59.0 Å². The Kier molecular flexibility index (Phi) is 6.97. The van der Waals surface area contributed by atoms with Crippen LogP contribution in [0.4, 0.5) is 18.9 Å². The van der Waals surface area contributed by atoms with E-state index in [1.807, 2.05) is 31.2 Å². The van der Waals surface area contributed by atoms with E-state index >= 15 is 0 Å². The van der Waals surface area contributed by atoms with Crippen molar-refractivity contribution in [2.24, 2.45) is 4.99 Å². The molecule has 0 aliphatic carbocycles. The zero-order valence-electron chi connectivity index (χ0n) is 18.9. The maximum atomic E-state index is 12.8. The Morgan fingerprint density at radius 2 is 2.03 bits per heavy atom. The molecule has 182 valence electrons. The Labute approximate surface area is 199 Å². The number of allylic oxidation sites excluding steroid dienone is 2. The molecule has 0 radical (unpaired) electrons. The van der Waals surface area contributed by atoms with Crippen LogP contribution in [0.1, 0.15) is 28.7 Å². The molecule has 1 amide bonds. The molecule has 8 nitrogen and oxygen atoms in total. The van der Waals surface area contributed by atoms with E-state index in [0.717, 1.165) is 48.3 Å². The molecule has 2 N–H and O–H groups in total. The maximum Gasteiger partial charge on any atom is 0.433 e. The molecule has 0 saturated carbocycles. The third kappa shape index (κ3) is 5.57. The lowest BCUT2D eigenvalue weighted by molar-refractivity contribution is -0.141. The van der Waals surface area contributed by atoms with Gasteiger partial charge in [0.05, 0.1) is 36.3 Å². The lowest BCUT2D eigenvalue weighted by Crippen LogP contribution is -2.35. The number of aliphatic imine (C=N–C) groups is 1. The number of fused-ring (bicyclic) bond motifs is 1. The second kappa shape index (κ2) is 10.1. The standard InChI is InChI=1S/C24H23F3N6O2/c1-15(11-18(14-28-2)33-7-9-35-10-8-33)16-3-5-20-19(12-16)22(32-31-20)23(34)30-17-4-6-21(29-13-17)24(25,26)27/h3-6,11-14H,2,7-10H2,1H3,(H,30,34)(H,31,32)/b15-11+,18-14+. The minimum absolute atomic E-state index is 0.117. The van der Waals surface area contributed by atoms with Crippen LogP contribution in [0.25, 0.3) is 16.5 Å². The largest absolute Gasteiger partial charge is 0.433 e. The molecule has 0 bridgehead atoms. The van der Waals surface area contributed by atoms with Crippen LogP contribution in [0, 0.1) is 0 Å². The fourth-order valence-electron chi connectivity index (χ4n) is 3.69. The van der Waals surface area contributed by atoms with Crippen molar-refractivity contribution >= 4 is 34.8 Å². The van der Waals surface area contributed by atoms with Crippen molar-refractivity contribution in [3.05, 3.63) is 71.5 Å². The Morgan fingerprint density at radius 3 is 2.69 bits per heavy atom.